The summed E-state index contributed by atoms with van der Waals surface area (Å²) in [5, 5.41) is 2.68. The van der Waals surface area contributed by atoms with Crippen LogP contribution in [0.5, 0.6) is 5.75 Å². The first kappa shape index (κ1) is 30.2. The fourth-order valence-electron chi connectivity index (χ4n) is 3.86. The van der Waals surface area contributed by atoms with Crippen molar-refractivity contribution in [3.63, 3.8) is 0 Å². The quantitative estimate of drug-likeness (QED) is 0.223. The van der Waals surface area contributed by atoms with Crippen molar-refractivity contribution < 1.29 is 26.4 Å². The zero-order chi connectivity index (χ0) is 29.8. The first-order valence-corrected chi connectivity index (χ1v) is 15.7. The Hall–Kier alpha value is -3.77. The van der Waals surface area contributed by atoms with Crippen molar-refractivity contribution in [2.45, 2.75) is 16.7 Å². The Morgan fingerprint density at radius 1 is 0.854 bits per heavy atom. The number of carbonyl (C=O) groups is 1. The van der Waals surface area contributed by atoms with Gasteiger partial charge in [0, 0.05) is 5.69 Å². The van der Waals surface area contributed by atoms with Gasteiger partial charge in [-0.2, -0.15) is 0 Å². The van der Waals surface area contributed by atoms with Crippen LogP contribution in [0, 0.1) is 6.92 Å². The van der Waals surface area contributed by atoms with Gasteiger partial charge in [0.25, 0.3) is 20.0 Å². The third-order valence-corrected chi connectivity index (χ3v) is 9.83. The van der Waals surface area contributed by atoms with Crippen LogP contribution in [-0.2, 0) is 24.8 Å². The van der Waals surface area contributed by atoms with Gasteiger partial charge in [0.05, 0.1) is 38.3 Å². The zero-order valence-corrected chi connectivity index (χ0v) is 25.0. The number of hydrogen-bond donors (Lipinski definition) is 2. The maximum atomic E-state index is 13.5. The molecule has 0 unspecified atom stereocenters. The van der Waals surface area contributed by atoms with E-state index >= 15 is 0 Å². The topological polar surface area (TPSA) is 122 Å². The number of amides is 1. The van der Waals surface area contributed by atoms with Crippen molar-refractivity contribution in [2.75, 3.05) is 28.0 Å². The molecule has 0 radical (unpaired) electrons. The monoisotopic (exact) mass is 633 g/mol. The molecule has 0 atom stereocenters. The van der Waals surface area contributed by atoms with Gasteiger partial charge < -0.3 is 10.1 Å². The molecule has 0 heterocycles. The molecule has 0 fully saturated rings. The molecule has 0 spiro atoms. The number of nitrogens with zero attached hydrogens (tertiary/aromatic N) is 1. The molecule has 41 heavy (non-hydrogen) atoms. The predicted molar refractivity (Wildman–Crippen MR) is 161 cm³/mol. The van der Waals surface area contributed by atoms with Crippen LogP contribution in [0.4, 0.5) is 17.1 Å². The van der Waals surface area contributed by atoms with Gasteiger partial charge in [-0.05, 0) is 73.2 Å². The Bertz CT molecular complexity index is 1780. The largest absolute Gasteiger partial charge is 0.495 e. The van der Waals surface area contributed by atoms with Gasteiger partial charge in [0.15, 0.2) is 0 Å². The number of sulfonamides is 2. The van der Waals surface area contributed by atoms with Gasteiger partial charge in [0.1, 0.15) is 12.3 Å². The molecule has 4 aromatic carbocycles. The van der Waals surface area contributed by atoms with Gasteiger partial charge in [-0.1, -0.05) is 53.5 Å². The fraction of sp³-hybridized carbons (Fsp3) is 0.107. The second kappa shape index (κ2) is 12.4. The van der Waals surface area contributed by atoms with E-state index in [1.165, 1.54) is 61.7 Å². The number of anilines is 3. The number of ether oxygens (including phenoxy) is 1. The van der Waals surface area contributed by atoms with Gasteiger partial charge in [-0.15, -0.1) is 0 Å². The summed E-state index contributed by atoms with van der Waals surface area (Å²) in [7, 11) is -6.76. The van der Waals surface area contributed by atoms with Crippen molar-refractivity contribution in [1.82, 2.24) is 0 Å². The molecule has 0 bridgehead atoms. The van der Waals surface area contributed by atoms with E-state index in [1.54, 1.807) is 36.4 Å². The molecule has 4 rings (SSSR count). The van der Waals surface area contributed by atoms with Crippen LogP contribution in [0.1, 0.15) is 5.56 Å². The van der Waals surface area contributed by atoms with Crippen molar-refractivity contribution in [3.8, 4) is 5.75 Å². The maximum absolute atomic E-state index is 13.5. The number of rotatable bonds is 10. The minimum atomic E-state index is -4.21. The van der Waals surface area contributed by atoms with E-state index in [-0.39, 0.29) is 36.9 Å². The number of nitrogens with one attached hydrogen (secondary N) is 2. The van der Waals surface area contributed by atoms with Crippen molar-refractivity contribution in [3.05, 3.63) is 107 Å². The summed E-state index contributed by atoms with van der Waals surface area (Å²) in [5.41, 5.74) is 1.39. The van der Waals surface area contributed by atoms with E-state index in [0.717, 1.165) is 9.87 Å². The number of benzene rings is 4. The molecular weight excluding hydrogens is 609 g/mol. The SMILES string of the molecule is COc1ccc(C)cc1NS(=O)(=O)c1ccc(NC(=O)CN(c2cccc(Cl)c2Cl)S(=O)(=O)c2ccccc2)cc1. The Morgan fingerprint density at radius 2 is 1.54 bits per heavy atom. The average molecular weight is 635 g/mol. The van der Waals surface area contributed by atoms with E-state index in [0.29, 0.717) is 5.75 Å². The summed E-state index contributed by atoms with van der Waals surface area (Å²) in [5.74, 6) is -0.336. The highest BCUT2D eigenvalue weighted by Crippen LogP contribution is 2.35. The lowest BCUT2D eigenvalue weighted by Crippen LogP contribution is -2.38. The summed E-state index contributed by atoms with van der Waals surface area (Å²) < 4.78 is 61.6. The standard InChI is InChI=1S/C28H25Cl2N3O6S2/c1-19-11-16-26(39-2)24(17-19)32-40(35,36)21-14-12-20(13-15-21)31-27(34)18-33(25-10-6-9-23(29)28(25)30)41(37,38)22-7-4-3-5-8-22/h3-17,32H,18H2,1-2H3,(H,31,34). The molecule has 0 aromatic heterocycles. The Kier molecular flexibility index (Phi) is 9.13. The Morgan fingerprint density at radius 3 is 2.20 bits per heavy atom. The maximum Gasteiger partial charge on any atom is 0.264 e. The molecule has 1 amide bonds. The van der Waals surface area contributed by atoms with E-state index in [9.17, 15) is 21.6 Å². The second-order valence-corrected chi connectivity index (χ2v) is 13.1. The van der Waals surface area contributed by atoms with Crippen molar-refractivity contribution in [1.29, 1.82) is 0 Å². The van der Waals surface area contributed by atoms with Crippen LogP contribution in [0.25, 0.3) is 0 Å². The number of halogens is 2. The third-order valence-electron chi connectivity index (χ3n) is 5.87. The summed E-state index contributed by atoms with van der Waals surface area (Å²) in [6, 6.07) is 22.6. The van der Waals surface area contributed by atoms with Crippen LogP contribution in [0.2, 0.25) is 10.0 Å². The first-order chi connectivity index (χ1) is 19.4. The van der Waals surface area contributed by atoms with Gasteiger partial charge in [-0.25, -0.2) is 16.8 Å². The predicted octanol–water partition coefficient (Wildman–Crippen LogP) is 5.95. The van der Waals surface area contributed by atoms with Crippen LogP contribution < -0.4 is 19.1 Å². The zero-order valence-electron chi connectivity index (χ0n) is 21.8. The Labute approximate surface area is 248 Å². The minimum absolute atomic E-state index is 0.0252. The third kappa shape index (κ3) is 6.94. The molecule has 13 heteroatoms. The summed E-state index contributed by atoms with van der Waals surface area (Å²) >= 11 is 12.5. The molecule has 0 aliphatic rings. The molecule has 0 aliphatic carbocycles. The van der Waals surface area contributed by atoms with Gasteiger partial charge in [-0.3, -0.25) is 13.8 Å². The van der Waals surface area contributed by atoms with Crippen LogP contribution in [-0.4, -0.2) is 36.4 Å². The van der Waals surface area contributed by atoms with E-state index < -0.39 is 32.5 Å². The minimum Gasteiger partial charge on any atom is -0.495 e. The summed E-state index contributed by atoms with van der Waals surface area (Å²) in [6.07, 6.45) is 0. The van der Waals surface area contributed by atoms with E-state index in [2.05, 4.69) is 10.0 Å². The number of hydrogen-bond acceptors (Lipinski definition) is 6. The molecule has 2 N–H and O–H groups in total. The number of aryl methyl sites for hydroxylation is 1. The lowest BCUT2D eigenvalue weighted by Gasteiger charge is -2.25. The van der Waals surface area contributed by atoms with E-state index in [1.807, 2.05) is 6.92 Å². The second-order valence-electron chi connectivity index (χ2n) is 8.78. The van der Waals surface area contributed by atoms with Gasteiger partial charge >= 0.3 is 0 Å². The molecule has 0 aliphatic heterocycles. The normalized spacial score (nSPS) is 11.5. The van der Waals surface area contributed by atoms with Crippen molar-refractivity contribution in [2.24, 2.45) is 0 Å². The molecule has 9 nitrogen and oxygen atoms in total. The molecule has 4 aromatic rings. The van der Waals surface area contributed by atoms with Crippen LogP contribution in [0.15, 0.2) is 101 Å². The highest BCUT2D eigenvalue weighted by Gasteiger charge is 2.29. The highest BCUT2D eigenvalue weighted by molar-refractivity contribution is 7.93. The van der Waals surface area contributed by atoms with Gasteiger partial charge in [0.2, 0.25) is 5.91 Å². The summed E-state index contributed by atoms with van der Waals surface area (Å²) in [4.78, 5) is 13.0. The highest BCUT2D eigenvalue weighted by atomic mass is 35.5. The smallest absolute Gasteiger partial charge is 0.264 e. The number of carbonyl (C=O) groups excluding carboxylic acids is 1. The Balaban J connectivity index is 1.56. The average Bonchev–Trinajstić information content (AvgIpc) is 2.94. The van der Waals surface area contributed by atoms with Crippen LogP contribution >= 0.6 is 23.2 Å². The molecule has 214 valence electrons. The molecule has 0 saturated heterocycles. The lowest BCUT2D eigenvalue weighted by atomic mass is 10.2. The first-order valence-electron chi connectivity index (χ1n) is 12.0. The summed E-state index contributed by atoms with van der Waals surface area (Å²) in [6.45, 7) is 1.19. The molecule has 0 saturated carbocycles. The van der Waals surface area contributed by atoms with Crippen LogP contribution in [0.3, 0.4) is 0 Å². The fourth-order valence-corrected chi connectivity index (χ4v) is 6.82. The van der Waals surface area contributed by atoms with E-state index in [4.69, 9.17) is 27.9 Å². The number of methoxy groups -OCH3 is 1. The lowest BCUT2D eigenvalue weighted by molar-refractivity contribution is -0.114. The molecular formula is C28H25Cl2N3O6S2. The van der Waals surface area contributed by atoms with Crippen molar-refractivity contribution >= 4 is 66.2 Å².